The molecule has 1 saturated carbocycles. The van der Waals surface area contributed by atoms with Gasteiger partial charge in [-0.1, -0.05) is 11.6 Å². The first-order valence-electron chi connectivity index (χ1n) is 5.74. The molecule has 0 spiro atoms. The molecule has 0 amide bonds. The van der Waals surface area contributed by atoms with E-state index in [-0.39, 0.29) is 0 Å². The topological polar surface area (TPSA) is 29.5 Å². The molecule has 4 heteroatoms. The van der Waals surface area contributed by atoms with Crippen LogP contribution in [0.2, 0.25) is 4.34 Å². The standard InChI is InChI=1S/C12H17ClO2S/c13-12-6-5-11(16-12)8-15-10-3-1-9(7-14)2-4-10/h5-6,9-10,14H,1-4,7-8H2. The number of hydrogen-bond acceptors (Lipinski definition) is 3. The highest BCUT2D eigenvalue weighted by molar-refractivity contribution is 7.16. The van der Waals surface area contributed by atoms with E-state index >= 15 is 0 Å². The Balaban J connectivity index is 1.71. The van der Waals surface area contributed by atoms with Crippen molar-refractivity contribution in [1.29, 1.82) is 0 Å². The first-order chi connectivity index (χ1) is 7.78. The van der Waals surface area contributed by atoms with Gasteiger partial charge in [-0.2, -0.15) is 0 Å². The van der Waals surface area contributed by atoms with E-state index in [1.54, 1.807) is 11.3 Å². The number of aliphatic hydroxyl groups excluding tert-OH is 1. The van der Waals surface area contributed by atoms with Crippen LogP contribution >= 0.6 is 22.9 Å². The summed E-state index contributed by atoms with van der Waals surface area (Å²) in [5, 5.41) is 9.03. The van der Waals surface area contributed by atoms with Gasteiger partial charge in [0.2, 0.25) is 0 Å². The fourth-order valence-electron chi connectivity index (χ4n) is 2.11. The summed E-state index contributed by atoms with van der Waals surface area (Å²) in [7, 11) is 0. The highest BCUT2D eigenvalue weighted by atomic mass is 35.5. The number of hydrogen-bond donors (Lipinski definition) is 1. The normalized spacial score (nSPS) is 25.9. The summed E-state index contributed by atoms with van der Waals surface area (Å²) in [5.74, 6) is 0.496. The van der Waals surface area contributed by atoms with E-state index in [9.17, 15) is 0 Å². The summed E-state index contributed by atoms with van der Waals surface area (Å²) in [6.07, 6.45) is 4.69. The lowest BCUT2D eigenvalue weighted by molar-refractivity contribution is 0.00235. The molecule has 0 bridgehead atoms. The van der Waals surface area contributed by atoms with Crippen LogP contribution in [0.3, 0.4) is 0 Å². The smallest absolute Gasteiger partial charge is 0.0932 e. The second-order valence-corrected chi connectivity index (χ2v) is 6.14. The maximum atomic E-state index is 9.03. The van der Waals surface area contributed by atoms with E-state index in [1.165, 1.54) is 4.88 Å². The molecule has 1 fully saturated rings. The summed E-state index contributed by atoms with van der Waals surface area (Å²) in [4.78, 5) is 1.19. The lowest BCUT2D eigenvalue weighted by Crippen LogP contribution is -2.23. The van der Waals surface area contributed by atoms with Crippen LogP contribution in [-0.2, 0) is 11.3 Å². The molecule has 0 atom stereocenters. The summed E-state index contributed by atoms with van der Waals surface area (Å²) < 4.78 is 6.67. The first-order valence-corrected chi connectivity index (χ1v) is 6.94. The molecule has 1 aliphatic rings. The number of halogens is 1. The summed E-state index contributed by atoms with van der Waals surface area (Å²) in [6, 6.07) is 3.93. The molecular formula is C12H17ClO2S. The summed E-state index contributed by atoms with van der Waals surface area (Å²) >= 11 is 7.44. The molecule has 0 saturated heterocycles. The predicted octanol–water partition coefficient (Wildman–Crippen LogP) is 3.47. The Morgan fingerprint density at radius 3 is 2.62 bits per heavy atom. The molecule has 0 aromatic carbocycles. The Morgan fingerprint density at radius 2 is 2.06 bits per heavy atom. The van der Waals surface area contributed by atoms with Crippen molar-refractivity contribution in [3.63, 3.8) is 0 Å². The average molecular weight is 261 g/mol. The molecule has 0 aliphatic heterocycles. The lowest BCUT2D eigenvalue weighted by Gasteiger charge is -2.27. The van der Waals surface area contributed by atoms with Crippen LogP contribution in [-0.4, -0.2) is 17.8 Å². The third-order valence-corrected chi connectivity index (χ3v) is 4.35. The zero-order valence-electron chi connectivity index (χ0n) is 9.19. The molecule has 1 aromatic rings. The molecule has 2 nitrogen and oxygen atoms in total. The average Bonchev–Trinajstić information content (AvgIpc) is 2.73. The molecule has 2 rings (SSSR count). The molecule has 0 radical (unpaired) electrons. The predicted molar refractivity (Wildman–Crippen MR) is 66.9 cm³/mol. The van der Waals surface area contributed by atoms with Gasteiger partial charge in [-0.3, -0.25) is 0 Å². The van der Waals surface area contributed by atoms with Gasteiger partial charge >= 0.3 is 0 Å². The van der Waals surface area contributed by atoms with Gasteiger partial charge in [-0.25, -0.2) is 0 Å². The number of rotatable bonds is 4. The van der Waals surface area contributed by atoms with Crippen molar-refractivity contribution < 1.29 is 9.84 Å². The molecule has 1 aliphatic carbocycles. The zero-order chi connectivity index (χ0) is 11.4. The highest BCUT2D eigenvalue weighted by Gasteiger charge is 2.20. The fourth-order valence-corrected chi connectivity index (χ4v) is 3.12. The number of thiophene rings is 1. The van der Waals surface area contributed by atoms with Crippen molar-refractivity contribution in [2.24, 2.45) is 5.92 Å². The first kappa shape index (κ1) is 12.4. The third kappa shape index (κ3) is 3.45. The van der Waals surface area contributed by atoms with Crippen LogP contribution < -0.4 is 0 Å². The second kappa shape index (κ2) is 6.01. The second-order valence-electron chi connectivity index (χ2n) is 4.34. The Bertz CT molecular complexity index is 319. The van der Waals surface area contributed by atoms with Crippen molar-refractivity contribution in [3.8, 4) is 0 Å². The van der Waals surface area contributed by atoms with E-state index in [0.29, 0.717) is 25.2 Å². The van der Waals surface area contributed by atoms with Crippen molar-refractivity contribution in [2.45, 2.75) is 38.4 Å². The minimum absolute atomic E-state index is 0.327. The number of ether oxygens (including phenoxy) is 1. The van der Waals surface area contributed by atoms with Crippen molar-refractivity contribution in [2.75, 3.05) is 6.61 Å². The molecular weight excluding hydrogens is 244 g/mol. The molecule has 1 N–H and O–H groups in total. The minimum atomic E-state index is 0.327. The van der Waals surface area contributed by atoms with Gasteiger partial charge in [0.05, 0.1) is 17.0 Å². The van der Waals surface area contributed by atoms with Gasteiger partial charge in [0.15, 0.2) is 0 Å². The maximum Gasteiger partial charge on any atom is 0.0932 e. The van der Waals surface area contributed by atoms with Gasteiger partial charge in [0.1, 0.15) is 0 Å². The molecule has 16 heavy (non-hydrogen) atoms. The quantitative estimate of drug-likeness (QED) is 0.898. The van der Waals surface area contributed by atoms with Crippen LogP contribution in [0.15, 0.2) is 12.1 Å². The van der Waals surface area contributed by atoms with E-state index < -0.39 is 0 Å². The Morgan fingerprint density at radius 1 is 1.31 bits per heavy atom. The van der Waals surface area contributed by atoms with Crippen molar-refractivity contribution in [3.05, 3.63) is 21.3 Å². The van der Waals surface area contributed by atoms with Crippen LogP contribution in [0.4, 0.5) is 0 Å². The van der Waals surface area contributed by atoms with Crippen molar-refractivity contribution in [1.82, 2.24) is 0 Å². The Kier molecular flexibility index (Phi) is 4.65. The van der Waals surface area contributed by atoms with Gasteiger partial charge < -0.3 is 9.84 Å². The lowest BCUT2D eigenvalue weighted by atomic mass is 9.88. The van der Waals surface area contributed by atoms with Gasteiger partial charge in [0, 0.05) is 11.5 Å². The maximum absolute atomic E-state index is 9.03. The van der Waals surface area contributed by atoms with Crippen LogP contribution in [0.1, 0.15) is 30.6 Å². The van der Waals surface area contributed by atoms with Crippen molar-refractivity contribution >= 4 is 22.9 Å². The van der Waals surface area contributed by atoms with Gasteiger partial charge in [-0.05, 0) is 43.7 Å². The van der Waals surface area contributed by atoms with E-state index in [2.05, 4.69) is 0 Å². The molecule has 1 aromatic heterocycles. The van der Waals surface area contributed by atoms with E-state index in [0.717, 1.165) is 30.0 Å². The van der Waals surface area contributed by atoms with E-state index in [1.807, 2.05) is 12.1 Å². The van der Waals surface area contributed by atoms with Crippen LogP contribution in [0.25, 0.3) is 0 Å². The minimum Gasteiger partial charge on any atom is -0.396 e. The van der Waals surface area contributed by atoms with E-state index in [4.69, 9.17) is 21.4 Å². The Hall–Kier alpha value is -0.0900. The van der Waals surface area contributed by atoms with Gasteiger partial charge in [-0.15, -0.1) is 11.3 Å². The largest absolute Gasteiger partial charge is 0.396 e. The molecule has 0 unspecified atom stereocenters. The van der Waals surface area contributed by atoms with Gasteiger partial charge in [0.25, 0.3) is 0 Å². The number of aliphatic hydroxyl groups is 1. The highest BCUT2D eigenvalue weighted by Crippen LogP contribution is 2.28. The molecule has 1 heterocycles. The Labute approximate surface area is 105 Å². The van der Waals surface area contributed by atoms with Crippen LogP contribution in [0, 0.1) is 5.92 Å². The summed E-state index contributed by atoms with van der Waals surface area (Å²) in [6.45, 7) is 0.999. The zero-order valence-corrected chi connectivity index (χ0v) is 10.8. The summed E-state index contributed by atoms with van der Waals surface area (Å²) in [5.41, 5.74) is 0. The fraction of sp³-hybridized carbons (Fsp3) is 0.667. The monoisotopic (exact) mass is 260 g/mol. The van der Waals surface area contributed by atoms with Crippen LogP contribution in [0.5, 0.6) is 0 Å². The molecule has 90 valence electrons. The SMILES string of the molecule is OCC1CCC(OCc2ccc(Cl)s2)CC1. The third-order valence-electron chi connectivity index (χ3n) is 3.14.